The molecule has 0 radical (unpaired) electrons. The predicted octanol–water partition coefficient (Wildman–Crippen LogP) is 1.10. The van der Waals surface area contributed by atoms with Crippen molar-refractivity contribution in [2.24, 2.45) is 5.92 Å². The van der Waals surface area contributed by atoms with E-state index in [4.69, 9.17) is 0 Å². The van der Waals surface area contributed by atoms with E-state index in [1.54, 1.807) is 0 Å². The summed E-state index contributed by atoms with van der Waals surface area (Å²) in [6.45, 7) is 8.69. The molecule has 0 unspecified atom stereocenters. The summed E-state index contributed by atoms with van der Waals surface area (Å²) in [5.74, 6) is 0.434. The van der Waals surface area contributed by atoms with E-state index < -0.39 is 0 Å². The summed E-state index contributed by atoms with van der Waals surface area (Å²) in [7, 11) is 0. The Morgan fingerprint density at radius 3 is 2.64 bits per heavy atom. The van der Waals surface area contributed by atoms with Crippen molar-refractivity contribution >= 4 is 0 Å². The number of hydrogen-bond donors (Lipinski definition) is 1. The number of aliphatic hydroxyl groups is 1. The van der Waals surface area contributed by atoms with Crippen molar-refractivity contribution in [2.75, 3.05) is 13.1 Å². The van der Waals surface area contributed by atoms with Crippen LogP contribution >= 0.6 is 0 Å². The SMILES string of the molecule is CCN1CC[C@H](O)[C@H](C)[C@H]1C. The Morgan fingerprint density at radius 1 is 1.45 bits per heavy atom. The lowest BCUT2D eigenvalue weighted by Gasteiger charge is -2.40. The number of rotatable bonds is 1. The molecule has 1 rings (SSSR count). The first-order valence-electron chi connectivity index (χ1n) is 4.59. The maximum atomic E-state index is 9.53. The maximum Gasteiger partial charge on any atom is 0.0592 e. The molecule has 3 atom stereocenters. The molecule has 1 aliphatic rings. The summed E-state index contributed by atoms with van der Waals surface area (Å²) in [6.07, 6.45) is 0.868. The first-order chi connectivity index (χ1) is 5.16. The highest BCUT2D eigenvalue weighted by molar-refractivity contribution is 4.83. The predicted molar refractivity (Wildman–Crippen MR) is 46.5 cm³/mol. The van der Waals surface area contributed by atoms with Crippen LogP contribution in [0.3, 0.4) is 0 Å². The molecule has 0 aromatic rings. The molecule has 0 spiro atoms. The van der Waals surface area contributed by atoms with Crippen LogP contribution < -0.4 is 0 Å². The summed E-state index contributed by atoms with van der Waals surface area (Å²) < 4.78 is 0. The first-order valence-corrected chi connectivity index (χ1v) is 4.59. The number of hydrogen-bond acceptors (Lipinski definition) is 2. The Kier molecular flexibility index (Phi) is 2.90. The molecule has 1 heterocycles. The smallest absolute Gasteiger partial charge is 0.0592 e. The molecular weight excluding hydrogens is 138 g/mol. The Labute approximate surface area is 69.2 Å². The van der Waals surface area contributed by atoms with Crippen molar-refractivity contribution in [3.63, 3.8) is 0 Å². The third-order valence-corrected chi connectivity index (χ3v) is 3.06. The zero-order chi connectivity index (χ0) is 8.43. The average molecular weight is 157 g/mol. The van der Waals surface area contributed by atoms with Crippen LogP contribution in [0.15, 0.2) is 0 Å². The first kappa shape index (κ1) is 9.01. The van der Waals surface area contributed by atoms with Gasteiger partial charge in [-0.2, -0.15) is 0 Å². The van der Waals surface area contributed by atoms with E-state index >= 15 is 0 Å². The van der Waals surface area contributed by atoms with Crippen LogP contribution in [0.4, 0.5) is 0 Å². The van der Waals surface area contributed by atoms with E-state index in [1.165, 1.54) is 0 Å². The van der Waals surface area contributed by atoms with Crippen molar-refractivity contribution < 1.29 is 5.11 Å². The van der Waals surface area contributed by atoms with Gasteiger partial charge in [0.2, 0.25) is 0 Å². The number of piperidine rings is 1. The lowest BCUT2D eigenvalue weighted by molar-refractivity contribution is 0.000891. The Balaban J connectivity index is 2.52. The van der Waals surface area contributed by atoms with Crippen LogP contribution in [0, 0.1) is 5.92 Å². The van der Waals surface area contributed by atoms with Crippen LogP contribution in [-0.2, 0) is 0 Å². The summed E-state index contributed by atoms with van der Waals surface area (Å²) in [5.41, 5.74) is 0. The highest BCUT2D eigenvalue weighted by Gasteiger charge is 2.29. The second-order valence-corrected chi connectivity index (χ2v) is 3.58. The molecule has 1 saturated heterocycles. The van der Waals surface area contributed by atoms with Gasteiger partial charge >= 0.3 is 0 Å². The lowest BCUT2D eigenvalue weighted by atomic mass is 9.89. The molecule has 0 aromatic heterocycles. The number of aliphatic hydroxyl groups excluding tert-OH is 1. The molecule has 2 heteroatoms. The van der Waals surface area contributed by atoms with Crippen LogP contribution in [-0.4, -0.2) is 35.2 Å². The molecule has 0 aliphatic carbocycles. The van der Waals surface area contributed by atoms with Gasteiger partial charge < -0.3 is 10.0 Å². The van der Waals surface area contributed by atoms with E-state index in [1.807, 2.05) is 0 Å². The van der Waals surface area contributed by atoms with E-state index in [9.17, 15) is 5.11 Å². The van der Waals surface area contributed by atoms with Gasteiger partial charge in [-0.25, -0.2) is 0 Å². The van der Waals surface area contributed by atoms with Gasteiger partial charge in [-0.15, -0.1) is 0 Å². The molecule has 1 aliphatic heterocycles. The fourth-order valence-electron chi connectivity index (χ4n) is 1.86. The topological polar surface area (TPSA) is 23.5 Å². The largest absolute Gasteiger partial charge is 0.393 e. The quantitative estimate of drug-likeness (QED) is 0.616. The fourth-order valence-corrected chi connectivity index (χ4v) is 1.86. The average Bonchev–Trinajstić information content (AvgIpc) is 2.01. The molecular formula is C9H19NO. The number of nitrogens with zero attached hydrogens (tertiary/aromatic N) is 1. The van der Waals surface area contributed by atoms with E-state index in [0.29, 0.717) is 12.0 Å². The maximum absolute atomic E-state index is 9.53. The van der Waals surface area contributed by atoms with Gasteiger partial charge in [-0.3, -0.25) is 0 Å². The molecule has 1 fully saturated rings. The molecule has 11 heavy (non-hydrogen) atoms. The van der Waals surface area contributed by atoms with Crippen molar-refractivity contribution in [1.29, 1.82) is 0 Å². The number of likely N-dealkylation sites (tertiary alicyclic amines) is 1. The van der Waals surface area contributed by atoms with Gasteiger partial charge in [0.05, 0.1) is 6.10 Å². The fraction of sp³-hybridized carbons (Fsp3) is 1.00. The van der Waals surface area contributed by atoms with Crippen LogP contribution in [0.25, 0.3) is 0 Å². The van der Waals surface area contributed by atoms with Crippen molar-refractivity contribution in [1.82, 2.24) is 4.90 Å². The summed E-state index contributed by atoms with van der Waals surface area (Å²) >= 11 is 0. The minimum atomic E-state index is -0.0761. The van der Waals surface area contributed by atoms with Gasteiger partial charge in [-0.05, 0) is 25.8 Å². The van der Waals surface area contributed by atoms with Gasteiger partial charge in [0.1, 0.15) is 0 Å². The van der Waals surface area contributed by atoms with Gasteiger partial charge in [0.15, 0.2) is 0 Å². The third-order valence-electron chi connectivity index (χ3n) is 3.06. The standard InChI is InChI=1S/C9H19NO/c1-4-10-6-5-9(11)7(2)8(10)3/h7-9,11H,4-6H2,1-3H3/t7-,8-,9+/m1/s1. The Hall–Kier alpha value is -0.0800. The van der Waals surface area contributed by atoms with Crippen molar-refractivity contribution in [3.05, 3.63) is 0 Å². The van der Waals surface area contributed by atoms with Crippen molar-refractivity contribution in [2.45, 2.75) is 39.3 Å². The zero-order valence-corrected chi connectivity index (χ0v) is 7.75. The molecule has 2 nitrogen and oxygen atoms in total. The minimum absolute atomic E-state index is 0.0761. The highest BCUT2D eigenvalue weighted by atomic mass is 16.3. The van der Waals surface area contributed by atoms with E-state index in [-0.39, 0.29) is 6.10 Å². The van der Waals surface area contributed by atoms with Crippen LogP contribution in [0.2, 0.25) is 0 Å². The van der Waals surface area contributed by atoms with Gasteiger partial charge in [-0.1, -0.05) is 13.8 Å². The monoisotopic (exact) mass is 157 g/mol. The molecule has 0 saturated carbocycles. The lowest BCUT2D eigenvalue weighted by Crippen LogP contribution is -2.48. The van der Waals surface area contributed by atoms with E-state index in [2.05, 4.69) is 25.7 Å². The molecule has 0 amide bonds. The van der Waals surface area contributed by atoms with Crippen molar-refractivity contribution in [3.8, 4) is 0 Å². The summed E-state index contributed by atoms with van der Waals surface area (Å²) in [4.78, 5) is 2.43. The van der Waals surface area contributed by atoms with Crippen LogP contribution in [0.1, 0.15) is 27.2 Å². The zero-order valence-electron chi connectivity index (χ0n) is 7.75. The Bertz CT molecular complexity index is 125. The molecule has 0 bridgehead atoms. The third kappa shape index (κ3) is 1.74. The normalized spacial score (nSPS) is 40.9. The summed E-state index contributed by atoms with van der Waals surface area (Å²) in [5, 5.41) is 9.53. The molecule has 0 aromatic carbocycles. The van der Waals surface area contributed by atoms with Gasteiger partial charge in [0, 0.05) is 12.6 Å². The summed E-state index contributed by atoms with van der Waals surface area (Å²) in [6, 6.07) is 0.545. The minimum Gasteiger partial charge on any atom is -0.393 e. The van der Waals surface area contributed by atoms with E-state index in [0.717, 1.165) is 19.5 Å². The Morgan fingerprint density at radius 2 is 2.09 bits per heavy atom. The van der Waals surface area contributed by atoms with Crippen LogP contribution in [0.5, 0.6) is 0 Å². The second kappa shape index (κ2) is 3.55. The molecule has 66 valence electrons. The highest BCUT2D eigenvalue weighted by Crippen LogP contribution is 2.22. The van der Waals surface area contributed by atoms with Gasteiger partial charge in [0.25, 0.3) is 0 Å². The second-order valence-electron chi connectivity index (χ2n) is 3.58. The molecule has 1 N–H and O–H groups in total.